The lowest BCUT2D eigenvalue weighted by Gasteiger charge is -2.06. The molecular formula is C14H22N2O3S. The van der Waals surface area contributed by atoms with Gasteiger partial charge in [0.25, 0.3) is 0 Å². The monoisotopic (exact) mass is 298 g/mol. The zero-order valence-electron chi connectivity index (χ0n) is 11.8. The molecule has 0 radical (unpaired) electrons. The third-order valence-electron chi connectivity index (χ3n) is 2.86. The minimum atomic E-state index is -3.01. The zero-order chi connectivity index (χ0) is 15.0. The molecule has 1 aromatic carbocycles. The van der Waals surface area contributed by atoms with E-state index in [1.165, 1.54) is 0 Å². The van der Waals surface area contributed by atoms with Crippen molar-refractivity contribution in [2.75, 3.05) is 22.6 Å². The first-order valence-corrected chi connectivity index (χ1v) is 8.61. The maximum Gasteiger partial charge on any atom is 0.224 e. The van der Waals surface area contributed by atoms with Gasteiger partial charge in [-0.3, -0.25) is 4.79 Å². The quantitative estimate of drug-likeness (QED) is 0.720. The number of rotatable bonds is 8. The number of nitrogens with two attached hydrogens (primary N) is 1. The summed E-state index contributed by atoms with van der Waals surface area (Å²) in [6, 6.07) is 6.83. The van der Waals surface area contributed by atoms with Gasteiger partial charge >= 0.3 is 0 Å². The fraction of sp³-hybridized carbons (Fsp3) is 0.500. The van der Waals surface area contributed by atoms with E-state index in [1.54, 1.807) is 24.3 Å². The molecule has 0 saturated carbocycles. The summed E-state index contributed by atoms with van der Waals surface area (Å²) in [6.45, 7) is 1.95. The predicted molar refractivity (Wildman–Crippen MR) is 82.3 cm³/mol. The van der Waals surface area contributed by atoms with Gasteiger partial charge in [-0.25, -0.2) is 8.42 Å². The Kier molecular flexibility index (Phi) is 6.51. The zero-order valence-corrected chi connectivity index (χ0v) is 12.6. The van der Waals surface area contributed by atoms with E-state index in [2.05, 4.69) is 5.32 Å². The van der Waals surface area contributed by atoms with Crippen LogP contribution >= 0.6 is 0 Å². The van der Waals surface area contributed by atoms with Crippen molar-refractivity contribution in [1.82, 2.24) is 0 Å². The van der Waals surface area contributed by atoms with Gasteiger partial charge in [-0.15, -0.1) is 0 Å². The third-order valence-corrected chi connectivity index (χ3v) is 4.68. The van der Waals surface area contributed by atoms with Crippen LogP contribution in [0.25, 0.3) is 0 Å². The first kappa shape index (κ1) is 16.5. The number of anilines is 2. The largest absolute Gasteiger partial charge is 0.399 e. The highest BCUT2D eigenvalue weighted by molar-refractivity contribution is 7.91. The molecule has 0 aliphatic heterocycles. The van der Waals surface area contributed by atoms with Crippen LogP contribution in [0.15, 0.2) is 24.3 Å². The first-order valence-electron chi connectivity index (χ1n) is 6.79. The van der Waals surface area contributed by atoms with E-state index in [9.17, 15) is 13.2 Å². The van der Waals surface area contributed by atoms with Crippen molar-refractivity contribution < 1.29 is 13.2 Å². The van der Waals surface area contributed by atoms with Crippen LogP contribution in [0.1, 0.15) is 32.6 Å². The predicted octanol–water partition coefficient (Wildman–Crippen LogP) is 2.20. The molecule has 0 aliphatic rings. The fourth-order valence-electron chi connectivity index (χ4n) is 1.71. The average molecular weight is 298 g/mol. The molecular weight excluding hydrogens is 276 g/mol. The lowest BCUT2D eigenvalue weighted by Crippen LogP contribution is -2.15. The first-order chi connectivity index (χ1) is 9.43. The average Bonchev–Trinajstić information content (AvgIpc) is 2.39. The lowest BCUT2D eigenvalue weighted by molar-refractivity contribution is -0.116. The van der Waals surface area contributed by atoms with Crippen molar-refractivity contribution in [3.8, 4) is 0 Å². The van der Waals surface area contributed by atoms with E-state index in [4.69, 9.17) is 5.73 Å². The molecule has 1 rings (SSSR count). The molecule has 0 aliphatic carbocycles. The number of hydrogen-bond donors (Lipinski definition) is 2. The highest BCUT2D eigenvalue weighted by Gasteiger charge is 2.11. The molecule has 0 saturated heterocycles. The summed E-state index contributed by atoms with van der Waals surface area (Å²) in [5.41, 5.74) is 6.84. The topological polar surface area (TPSA) is 89.3 Å². The van der Waals surface area contributed by atoms with Crippen molar-refractivity contribution >= 4 is 27.1 Å². The van der Waals surface area contributed by atoms with Crippen molar-refractivity contribution in [3.05, 3.63) is 24.3 Å². The van der Waals surface area contributed by atoms with E-state index in [1.807, 2.05) is 6.92 Å². The van der Waals surface area contributed by atoms with Gasteiger partial charge in [0.05, 0.1) is 11.5 Å². The van der Waals surface area contributed by atoms with Gasteiger partial charge in [0.15, 0.2) is 0 Å². The van der Waals surface area contributed by atoms with Crippen molar-refractivity contribution in [3.63, 3.8) is 0 Å². The molecule has 112 valence electrons. The summed E-state index contributed by atoms with van der Waals surface area (Å²) in [7, 11) is -3.01. The van der Waals surface area contributed by atoms with Crippen molar-refractivity contribution in [1.29, 1.82) is 0 Å². The number of benzene rings is 1. The Morgan fingerprint density at radius 2 is 1.75 bits per heavy atom. The number of amides is 1. The molecule has 20 heavy (non-hydrogen) atoms. The lowest BCUT2D eigenvalue weighted by atomic mass is 10.2. The van der Waals surface area contributed by atoms with Gasteiger partial charge in [-0.2, -0.15) is 0 Å². The highest BCUT2D eigenvalue weighted by atomic mass is 32.2. The minimum absolute atomic E-state index is 0.0716. The van der Waals surface area contributed by atoms with E-state index < -0.39 is 9.84 Å². The van der Waals surface area contributed by atoms with E-state index in [0.717, 1.165) is 6.42 Å². The standard InChI is InChI=1S/C14H22N2O3S/c1-2-3-10-20(18,19)11-4-5-14(17)16-13-8-6-12(15)7-9-13/h6-9H,2-5,10-11,15H2,1H3,(H,16,17). The number of carbonyl (C=O) groups is 1. The molecule has 1 aromatic rings. The van der Waals surface area contributed by atoms with Gasteiger partial charge in [0, 0.05) is 17.8 Å². The molecule has 0 aromatic heterocycles. The maximum absolute atomic E-state index is 11.7. The molecule has 0 heterocycles. The van der Waals surface area contributed by atoms with Crippen LogP contribution in [0.5, 0.6) is 0 Å². The summed E-state index contributed by atoms with van der Waals surface area (Å²) in [5, 5.41) is 2.71. The number of hydrogen-bond acceptors (Lipinski definition) is 4. The Morgan fingerprint density at radius 1 is 1.15 bits per heavy atom. The summed E-state index contributed by atoms with van der Waals surface area (Å²) < 4.78 is 23.2. The van der Waals surface area contributed by atoms with Gasteiger partial charge in [0.2, 0.25) is 5.91 Å². The Labute approximate surface area is 120 Å². The SMILES string of the molecule is CCCCS(=O)(=O)CCCC(=O)Nc1ccc(N)cc1. The summed E-state index contributed by atoms with van der Waals surface area (Å²) in [4.78, 5) is 11.7. The second-order valence-corrected chi connectivity index (χ2v) is 7.08. The number of sulfone groups is 1. The molecule has 0 fully saturated rings. The molecule has 0 atom stereocenters. The molecule has 1 amide bonds. The third kappa shape index (κ3) is 6.56. The second kappa shape index (κ2) is 7.89. The number of carbonyl (C=O) groups excluding carboxylic acids is 1. The second-order valence-electron chi connectivity index (χ2n) is 4.78. The van der Waals surface area contributed by atoms with Crippen molar-refractivity contribution in [2.45, 2.75) is 32.6 Å². The van der Waals surface area contributed by atoms with Crippen LogP contribution in [0, 0.1) is 0 Å². The molecule has 3 N–H and O–H groups in total. The Bertz CT molecular complexity index is 524. The van der Waals surface area contributed by atoms with Crippen LogP contribution in [-0.4, -0.2) is 25.8 Å². The van der Waals surface area contributed by atoms with Crippen LogP contribution in [0.2, 0.25) is 0 Å². The fourth-order valence-corrected chi connectivity index (χ4v) is 3.23. The molecule has 0 bridgehead atoms. The van der Waals surface area contributed by atoms with Gasteiger partial charge in [-0.05, 0) is 37.1 Å². The molecule has 0 unspecified atom stereocenters. The number of nitrogens with one attached hydrogen (secondary N) is 1. The van der Waals surface area contributed by atoms with Crippen LogP contribution in [-0.2, 0) is 14.6 Å². The van der Waals surface area contributed by atoms with E-state index in [0.29, 0.717) is 24.2 Å². The minimum Gasteiger partial charge on any atom is -0.399 e. The normalized spacial score (nSPS) is 11.2. The van der Waals surface area contributed by atoms with Gasteiger partial charge in [-0.1, -0.05) is 13.3 Å². The van der Waals surface area contributed by atoms with Gasteiger partial charge < -0.3 is 11.1 Å². The molecule has 0 spiro atoms. The van der Waals surface area contributed by atoms with Crippen LogP contribution in [0.3, 0.4) is 0 Å². The summed E-state index contributed by atoms with van der Waals surface area (Å²) >= 11 is 0. The van der Waals surface area contributed by atoms with Gasteiger partial charge in [0.1, 0.15) is 9.84 Å². The highest BCUT2D eigenvalue weighted by Crippen LogP contribution is 2.11. The summed E-state index contributed by atoms with van der Waals surface area (Å²) in [5.74, 6) is 0.103. The Balaban J connectivity index is 2.31. The molecule has 5 nitrogen and oxygen atoms in total. The number of nitrogen functional groups attached to an aromatic ring is 1. The maximum atomic E-state index is 11.7. The Hall–Kier alpha value is -1.56. The van der Waals surface area contributed by atoms with Crippen molar-refractivity contribution in [2.24, 2.45) is 0 Å². The van der Waals surface area contributed by atoms with E-state index in [-0.39, 0.29) is 23.8 Å². The van der Waals surface area contributed by atoms with Crippen LogP contribution in [0.4, 0.5) is 11.4 Å². The van der Waals surface area contributed by atoms with E-state index >= 15 is 0 Å². The smallest absolute Gasteiger partial charge is 0.224 e. The molecule has 6 heteroatoms. The van der Waals surface area contributed by atoms with Crippen LogP contribution < -0.4 is 11.1 Å². The number of unbranched alkanes of at least 4 members (excludes halogenated alkanes) is 1. The summed E-state index contributed by atoms with van der Waals surface area (Å²) in [6.07, 6.45) is 2.10. The Morgan fingerprint density at radius 3 is 2.35 bits per heavy atom.